The van der Waals surface area contributed by atoms with Crippen LogP contribution in [0.25, 0.3) is 0 Å². The lowest BCUT2D eigenvalue weighted by Crippen LogP contribution is -2.15. The number of amides is 1. The molecule has 1 N–H and O–H groups in total. The van der Waals surface area contributed by atoms with Crippen molar-refractivity contribution in [1.29, 1.82) is 0 Å². The van der Waals surface area contributed by atoms with Crippen molar-refractivity contribution >= 4 is 17.6 Å². The molecule has 0 saturated carbocycles. The summed E-state index contributed by atoms with van der Waals surface area (Å²) in [6.07, 6.45) is -0.122. The molecule has 0 aliphatic rings. The average molecular weight is 251 g/mol. The molecule has 1 aromatic carbocycles. The van der Waals surface area contributed by atoms with Crippen LogP contribution in [0.4, 0.5) is 5.69 Å². The summed E-state index contributed by atoms with van der Waals surface area (Å²) >= 11 is 0. The molecule has 0 aliphatic heterocycles. The standard InChI is InChI=1S/C13H17NO4/c1-8(2)18-12-10(13(16)17-4)6-5-7-11(12)14-9(3)15/h5-8H,1-4H3,(H,14,15). The van der Waals surface area contributed by atoms with Crippen molar-refractivity contribution < 1.29 is 19.1 Å². The second kappa shape index (κ2) is 6.05. The number of para-hydroxylation sites is 1. The van der Waals surface area contributed by atoms with E-state index in [-0.39, 0.29) is 17.6 Å². The number of carbonyl (C=O) groups excluding carboxylic acids is 2. The van der Waals surface area contributed by atoms with Crippen LogP contribution in [0.5, 0.6) is 5.75 Å². The van der Waals surface area contributed by atoms with Gasteiger partial charge in [0.25, 0.3) is 0 Å². The zero-order chi connectivity index (χ0) is 13.7. The van der Waals surface area contributed by atoms with E-state index in [1.54, 1.807) is 18.2 Å². The predicted molar refractivity (Wildman–Crippen MR) is 67.8 cm³/mol. The van der Waals surface area contributed by atoms with E-state index in [0.29, 0.717) is 11.4 Å². The third kappa shape index (κ3) is 3.48. The molecule has 0 bridgehead atoms. The van der Waals surface area contributed by atoms with Crippen LogP contribution in [0.3, 0.4) is 0 Å². The van der Waals surface area contributed by atoms with Gasteiger partial charge in [-0.15, -0.1) is 0 Å². The molecule has 98 valence electrons. The summed E-state index contributed by atoms with van der Waals surface area (Å²) in [7, 11) is 1.30. The van der Waals surface area contributed by atoms with E-state index < -0.39 is 5.97 Å². The molecule has 0 spiro atoms. The minimum atomic E-state index is -0.502. The van der Waals surface area contributed by atoms with Crippen molar-refractivity contribution in [3.63, 3.8) is 0 Å². The lowest BCUT2D eigenvalue weighted by molar-refractivity contribution is -0.114. The highest BCUT2D eigenvalue weighted by Crippen LogP contribution is 2.30. The normalized spacial score (nSPS) is 10.1. The number of anilines is 1. The Kier molecular flexibility index (Phi) is 4.71. The minimum Gasteiger partial charge on any atom is -0.488 e. The van der Waals surface area contributed by atoms with Crippen LogP contribution in [0, 0.1) is 0 Å². The molecular formula is C13H17NO4. The van der Waals surface area contributed by atoms with Gasteiger partial charge in [0.15, 0.2) is 5.75 Å². The van der Waals surface area contributed by atoms with Crippen LogP contribution in [0.1, 0.15) is 31.1 Å². The van der Waals surface area contributed by atoms with Crippen molar-refractivity contribution in [2.75, 3.05) is 12.4 Å². The Morgan fingerprint density at radius 1 is 1.28 bits per heavy atom. The maximum atomic E-state index is 11.6. The van der Waals surface area contributed by atoms with Crippen molar-refractivity contribution in [3.05, 3.63) is 23.8 Å². The van der Waals surface area contributed by atoms with Gasteiger partial charge in [-0.3, -0.25) is 4.79 Å². The van der Waals surface area contributed by atoms with Crippen molar-refractivity contribution in [1.82, 2.24) is 0 Å². The van der Waals surface area contributed by atoms with E-state index in [0.717, 1.165) is 0 Å². The van der Waals surface area contributed by atoms with E-state index in [2.05, 4.69) is 10.1 Å². The molecule has 0 radical (unpaired) electrons. The maximum absolute atomic E-state index is 11.6. The number of esters is 1. The first-order chi connectivity index (χ1) is 8.45. The first-order valence-electron chi connectivity index (χ1n) is 5.61. The molecule has 0 atom stereocenters. The quantitative estimate of drug-likeness (QED) is 0.833. The van der Waals surface area contributed by atoms with Gasteiger partial charge in [0.1, 0.15) is 5.56 Å². The largest absolute Gasteiger partial charge is 0.488 e. The summed E-state index contributed by atoms with van der Waals surface area (Å²) in [6.45, 7) is 5.07. The van der Waals surface area contributed by atoms with E-state index in [1.165, 1.54) is 14.0 Å². The molecule has 5 nitrogen and oxygen atoms in total. The van der Waals surface area contributed by atoms with Gasteiger partial charge in [0, 0.05) is 6.92 Å². The van der Waals surface area contributed by atoms with Gasteiger partial charge >= 0.3 is 5.97 Å². The smallest absolute Gasteiger partial charge is 0.341 e. The summed E-state index contributed by atoms with van der Waals surface area (Å²) in [4.78, 5) is 22.8. The average Bonchev–Trinajstić information content (AvgIpc) is 2.29. The number of rotatable bonds is 4. The molecule has 0 saturated heterocycles. The molecule has 5 heteroatoms. The number of ether oxygens (including phenoxy) is 2. The fourth-order valence-electron chi connectivity index (χ4n) is 1.46. The molecule has 1 aromatic rings. The molecule has 0 heterocycles. The van der Waals surface area contributed by atoms with Crippen LogP contribution in [-0.4, -0.2) is 25.1 Å². The van der Waals surface area contributed by atoms with Gasteiger partial charge in [-0.25, -0.2) is 4.79 Å². The highest BCUT2D eigenvalue weighted by Gasteiger charge is 2.18. The topological polar surface area (TPSA) is 64.6 Å². The second-order valence-electron chi connectivity index (χ2n) is 4.02. The monoisotopic (exact) mass is 251 g/mol. The predicted octanol–water partition coefficient (Wildman–Crippen LogP) is 2.22. The molecule has 0 fully saturated rings. The van der Waals surface area contributed by atoms with Crippen LogP contribution in [-0.2, 0) is 9.53 Å². The van der Waals surface area contributed by atoms with Gasteiger partial charge in [0.05, 0.1) is 18.9 Å². The number of hydrogen-bond donors (Lipinski definition) is 1. The Hall–Kier alpha value is -2.04. The van der Waals surface area contributed by atoms with Gasteiger partial charge in [0.2, 0.25) is 5.91 Å². The molecule has 0 aliphatic carbocycles. The van der Waals surface area contributed by atoms with E-state index in [4.69, 9.17) is 4.74 Å². The van der Waals surface area contributed by atoms with Crippen LogP contribution < -0.4 is 10.1 Å². The fourth-order valence-corrected chi connectivity index (χ4v) is 1.46. The van der Waals surface area contributed by atoms with Crippen molar-refractivity contribution in [2.24, 2.45) is 0 Å². The van der Waals surface area contributed by atoms with Crippen molar-refractivity contribution in [3.8, 4) is 5.75 Å². The van der Waals surface area contributed by atoms with Gasteiger partial charge < -0.3 is 14.8 Å². The number of carbonyl (C=O) groups is 2. The Balaban J connectivity index is 3.24. The summed E-state index contributed by atoms with van der Waals surface area (Å²) < 4.78 is 10.3. The van der Waals surface area contributed by atoms with Gasteiger partial charge in [-0.05, 0) is 26.0 Å². The third-order valence-electron chi connectivity index (χ3n) is 2.08. The zero-order valence-corrected chi connectivity index (χ0v) is 10.9. The first kappa shape index (κ1) is 14.0. The number of methoxy groups -OCH3 is 1. The van der Waals surface area contributed by atoms with E-state index in [9.17, 15) is 9.59 Å². The summed E-state index contributed by atoms with van der Waals surface area (Å²) in [5.74, 6) is -0.405. The minimum absolute atomic E-state index is 0.122. The van der Waals surface area contributed by atoms with Gasteiger partial charge in [-0.1, -0.05) is 6.07 Å². The molecule has 1 amide bonds. The SMILES string of the molecule is COC(=O)c1cccc(NC(C)=O)c1OC(C)C. The summed E-state index contributed by atoms with van der Waals surface area (Å²) in [5, 5.41) is 2.63. The second-order valence-corrected chi connectivity index (χ2v) is 4.02. The Bertz CT molecular complexity index is 454. The zero-order valence-electron chi connectivity index (χ0n) is 10.9. The number of benzene rings is 1. The third-order valence-corrected chi connectivity index (χ3v) is 2.08. The van der Waals surface area contributed by atoms with Crippen molar-refractivity contribution in [2.45, 2.75) is 26.9 Å². The summed E-state index contributed by atoms with van der Waals surface area (Å²) in [5.41, 5.74) is 0.747. The van der Waals surface area contributed by atoms with Crippen LogP contribution in [0.2, 0.25) is 0 Å². The molecule has 0 aromatic heterocycles. The Morgan fingerprint density at radius 3 is 2.44 bits per heavy atom. The highest BCUT2D eigenvalue weighted by atomic mass is 16.5. The van der Waals surface area contributed by atoms with Crippen LogP contribution in [0.15, 0.2) is 18.2 Å². The summed E-state index contributed by atoms with van der Waals surface area (Å²) in [6, 6.07) is 4.92. The molecule has 18 heavy (non-hydrogen) atoms. The maximum Gasteiger partial charge on any atom is 0.341 e. The lowest BCUT2D eigenvalue weighted by atomic mass is 10.1. The highest BCUT2D eigenvalue weighted by molar-refractivity contribution is 5.98. The Morgan fingerprint density at radius 2 is 1.94 bits per heavy atom. The molecule has 0 unspecified atom stereocenters. The lowest BCUT2D eigenvalue weighted by Gasteiger charge is -2.17. The number of nitrogens with one attached hydrogen (secondary N) is 1. The van der Waals surface area contributed by atoms with E-state index in [1.807, 2.05) is 13.8 Å². The fraction of sp³-hybridized carbons (Fsp3) is 0.385. The molecule has 1 rings (SSSR count). The first-order valence-corrected chi connectivity index (χ1v) is 5.61. The number of hydrogen-bond acceptors (Lipinski definition) is 4. The Labute approximate surface area is 106 Å². The van der Waals surface area contributed by atoms with Gasteiger partial charge in [-0.2, -0.15) is 0 Å². The van der Waals surface area contributed by atoms with E-state index >= 15 is 0 Å². The van der Waals surface area contributed by atoms with Crippen LogP contribution >= 0.6 is 0 Å². The molecular weight excluding hydrogens is 234 g/mol.